The highest BCUT2D eigenvalue weighted by atomic mass is 14.2. The second kappa shape index (κ2) is 43.7. The topological polar surface area (TPSA) is 0 Å². The first-order valence-corrected chi connectivity index (χ1v) is 22.9. The van der Waals surface area contributed by atoms with Crippen LogP contribution in [0.15, 0.2) is 102 Å². The summed E-state index contributed by atoms with van der Waals surface area (Å²) in [5, 5.41) is 0. The van der Waals surface area contributed by atoms with Crippen LogP contribution in [0.3, 0.4) is 0 Å². The second-order valence-corrected chi connectivity index (χ2v) is 18.4. The van der Waals surface area contributed by atoms with Crippen LogP contribution in [0.1, 0.15) is 197 Å². The summed E-state index contributed by atoms with van der Waals surface area (Å²) >= 11 is 0. The van der Waals surface area contributed by atoms with Gasteiger partial charge in [0.25, 0.3) is 0 Å². The Balaban J connectivity index is -0.000000143. The van der Waals surface area contributed by atoms with E-state index < -0.39 is 0 Å². The molecule has 0 spiro atoms. The fourth-order valence-electron chi connectivity index (χ4n) is 7.60. The molecule has 1 aromatic carbocycles. The zero-order valence-corrected chi connectivity index (χ0v) is 41.5. The minimum absolute atomic E-state index is 0. The summed E-state index contributed by atoms with van der Waals surface area (Å²) < 4.78 is 0. The molecule has 5 aliphatic rings. The van der Waals surface area contributed by atoms with Gasteiger partial charge in [-0.2, -0.15) is 0 Å². The zero-order chi connectivity index (χ0) is 40.1. The summed E-state index contributed by atoms with van der Waals surface area (Å²) in [5.41, 5.74) is 6.19. The third-order valence-corrected chi connectivity index (χ3v) is 11.8. The normalized spacial score (nSPS) is 17.6. The average Bonchev–Trinajstić information content (AvgIpc) is 3.21. The summed E-state index contributed by atoms with van der Waals surface area (Å²) in [6.07, 6.45) is 42.5. The van der Waals surface area contributed by atoms with E-state index in [1.807, 2.05) is 6.07 Å². The monoisotopic (exact) mass is 805 g/mol. The van der Waals surface area contributed by atoms with Gasteiger partial charge in [-0.1, -0.05) is 211 Å². The van der Waals surface area contributed by atoms with Crippen LogP contribution >= 0.6 is 0 Å². The lowest BCUT2D eigenvalue weighted by Crippen LogP contribution is -2.12. The Labute approximate surface area is 389 Å². The standard InChI is InChI=1S/C9H18.2C9H16.2C9H14.C9H12.6B/c6*1-8(2)9-6-4-3-5-7-9;;;;;;/h8-9H,3-7H2,1-2H3;6,8H,3-5,7H2,1-2H3;3-4,8-9H,5-7H2,1-2H3;4,6-8H,3,5H2,1-2H3;3-4,7-8H,5-6H2,1-2H3;3-8H,1-2H3;;;;;;. The largest absolute Gasteiger partial charge is 0.0885 e. The highest BCUT2D eigenvalue weighted by Gasteiger charge is 2.16. The third kappa shape index (κ3) is 34.6. The third-order valence-electron chi connectivity index (χ3n) is 11.8. The van der Waals surface area contributed by atoms with Crippen molar-refractivity contribution in [1.82, 2.24) is 0 Å². The van der Waals surface area contributed by atoms with E-state index in [1.165, 1.54) is 107 Å². The molecule has 324 valence electrons. The van der Waals surface area contributed by atoms with Crippen LogP contribution in [-0.2, 0) is 0 Å². The van der Waals surface area contributed by atoms with Gasteiger partial charge in [-0.25, -0.2) is 0 Å². The van der Waals surface area contributed by atoms with E-state index in [9.17, 15) is 0 Å². The Hall–Kier alpha value is -1.95. The first-order valence-electron chi connectivity index (χ1n) is 22.9. The minimum atomic E-state index is 0. The van der Waals surface area contributed by atoms with E-state index >= 15 is 0 Å². The maximum absolute atomic E-state index is 2.42. The maximum atomic E-state index is 2.42. The van der Waals surface area contributed by atoms with Crippen molar-refractivity contribution >= 4 is 50.5 Å². The van der Waals surface area contributed by atoms with Crippen molar-refractivity contribution in [3.8, 4) is 0 Å². The highest BCUT2D eigenvalue weighted by molar-refractivity contribution is 5.76. The molecule has 0 amide bonds. The second-order valence-electron chi connectivity index (χ2n) is 18.4. The van der Waals surface area contributed by atoms with Gasteiger partial charge in [-0.15, -0.1) is 0 Å². The van der Waals surface area contributed by atoms with Crippen LogP contribution in [-0.4, -0.2) is 50.5 Å². The number of rotatable bonds is 6. The van der Waals surface area contributed by atoms with Crippen molar-refractivity contribution in [2.45, 2.75) is 192 Å². The Kier molecular flexibility index (Phi) is 50.8. The Morgan fingerprint density at radius 1 is 0.433 bits per heavy atom. The van der Waals surface area contributed by atoms with Crippen molar-refractivity contribution in [2.75, 3.05) is 0 Å². The molecule has 6 heteroatoms. The van der Waals surface area contributed by atoms with E-state index in [0.29, 0.717) is 11.8 Å². The Bertz CT molecular complexity index is 1230. The molecule has 0 bridgehead atoms. The fraction of sp³-hybridized carbons (Fsp3) is 0.667. The van der Waals surface area contributed by atoms with Gasteiger partial charge < -0.3 is 0 Å². The van der Waals surface area contributed by atoms with Crippen LogP contribution in [0, 0.1) is 41.4 Å². The molecule has 0 aromatic heterocycles. The zero-order valence-electron chi connectivity index (χ0n) is 41.5. The maximum Gasteiger partial charge on any atom is 0 e. The van der Waals surface area contributed by atoms with Gasteiger partial charge in [0.2, 0.25) is 0 Å². The van der Waals surface area contributed by atoms with Crippen LogP contribution in [0.25, 0.3) is 0 Å². The van der Waals surface area contributed by atoms with Crippen molar-refractivity contribution < 1.29 is 0 Å². The van der Waals surface area contributed by atoms with E-state index in [1.54, 1.807) is 11.1 Å². The van der Waals surface area contributed by atoms with Crippen LogP contribution in [0.2, 0.25) is 0 Å². The van der Waals surface area contributed by atoms with Gasteiger partial charge in [-0.05, 0) is 129 Å². The molecule has 1 aromatic rings. The smallest absolute Gasteiger partial charge is 0 e. The lowest BCUT2D eigenvalue weighted by atomic mass is 9.82. The highest BCUT2D eigenvalue weighted by Crippen LogP contribution is 2.29. The number of hydrogen-bond acceptors (Lipinski definition) is 0. The molecule has 0 nitrogen and oxygen atoms in total. The molecule has 0 saturated heterocycles. The predicted molar refractivity (Wildman–Crippen MR) is 282 cm³/mol. The first kappa shape index (κ1) is 69.7. The van der Waals surface area contributed by atoms with Gasteiger partial charge >= 0.3 is 0 Å². The SMILES string of the molecule is CC(C)C1=CCC=CC1.CC(C)C1=CCCC=C1.CC(C)C1=CCCCC1.CC(C)C1CC=CCC1.CC(C)C1CCCCC1.CC(C)c1ccccc1.[B].[B].[B].[B].[B].[B]. The van der Waals surface area contributed by atoms with E-state index in [4.69, 9.17) is 0 Å². The summed E-state index contributed by atoms with van der Waals surface area (Å²) in [4.78, 5) is 0. The van der Waals surface area contributed by atoms with E-state index in [2.05, 4.69) is 162 Å². The van der Waals surface area contributed by atoms with Crippen molar-refractivity contribution in [2.24, 2.45) is 41.4 Å². The Morgan fingerprint density at radius 2 is 1.03 bits per heavy atom. The molecule has 0 N–H and O–H groups in total. The molecule has 60 heavy (non-hydrogen) atoms. The molecule has 1 unspecified atom stereocenters. The number of benzene rings is 1. The van der Waals surface area contributed by atoms with Crippen molar-refractivity contribution in [3.05, 3.63) is 107 Å². The van der Waals surface area contributed by atoms with Crippen LogP contribution < -0.4 is 0 Å². The van der Waals surface area contributed by atoms with Gasteiger partial charge in [0.05, 0.1) is 0 Å². The fourth-order valence-corrected chi connectivity index (χ4v) is 7.60. The lowest BCUT2D eigenvalue weighted by molar-refractivity contribution is 0.279. The van der Waals surface area contributed by atoms with Crippen molar-refractivity contribution in [1.29, 1.82) is 0 Å². The summed E-state index contributed by atoms with van der Waals surface area (Å²) in [6.45, 7) is 27.3. The van der Waals surface area contributed by atoms with Gasteiger partial charge in [0.1, 0.15) is 0 Å². The summed E-state index contributed by atoms with van der Waals surface area (Å²) in [5.74, 6) is 6.75. The molecule has 1 saturated carbocycles. The Morgan fingerprint density at radius 3 is 1.33 bits per heavy atom. The molecule has 5 aliphatic carbocycles. The van der Waals surface area contributed by atoms with Gasteiger partial charge in [0, 0.05) is 50.5 Å². The first-order chi connectivity index (χ1) is 25.8. The lowest BCUT2D eigenvalue weighted by Gasteiger charge is -2.24. The molecular formula is C54H90B6. The average molecular weight is 804 g/mol. The summed E-state index contributed by atoms with van der Waals surface area (Å²) in [6, 6.07) is 10.5. The molecule has 1 atom stereocenters. The molecular weight excluding hydrogens is 713 g/mol. The van der Waals surface area contributed by atoms with Gasteiger partial charge in [0.15, 0.2) is 0 Å². The van der Waals surface area contributed by atoms with Crippen molar-refractivity contribution in [3.63, 3.8) is 0 Å². The number of allylic oxidation sites excluding steroid dienone is 12. The molecule has 6 rings (SSSR count). The number of hydrogen-bond donors (Lipinski definition) is 0. The van der Waals surface area contributed by atoms with E-state index in [-0.39, 0.29) is 50.5 Å². The quantitative estimate of drug-likeness (QED) is 0.198. The summed E-state index contributed by atoms with van der Waals surface area (Å²) in [7, 11) is 0. The van der Waals surface area contributed by atoms with Gasteiger partial charge in [-0.3, -0.25) is 0 Å². The predicted octanol–water partition coefficient (Wildman–Crippen LogP) is 15.7. The van der Waals surface area contributed by atoms with Crippen LogP contribution in [0.4, 0.5) is 0 Å². The molecule has 1 fully saturated rings. The molecule has 0 aliphatic heterocycles. The minimum Gasteiger partial charge on any atom is -0.0885 e. The van der Waals surface area contributed by atoms with E-state index in [0.717, 1.165) is 41.9 Å². The molecule has 0 heterocycles. The molecule has 18 radical (unpaired) electrons. The van der Waals surface area contributed by atoms with Crippen LogP contribution in [0.5, 0.6) is 0 Å².